The van der Waals surface area contributed by atoms with Crippen LogP contribution in [0.4, 0.5) is 5.69 Å². The first kappa shape index (κ1) is 17.6. The average Bonchev–Trinajstić information content (AvgIpc) is 2.53. The molecule has 0 radical (unpaired) electrons. The summed E-state index contributed by atoms with van der Waals surface area (Å²) in [7, 11) is -1.22. The lowest BCUT2D eigenvalue weighted by Gasteiger charge is -2.11. The van der Waals surface area contributed by atoms with Gasteiger partial charge in [-0.15, -0.1) is 0 Å². The maximum Gasteiger partial charge on any atom is 0.259 e. The maximum absolute atomic E-state index is 12.4. The highest BCUT2D eigenvalue weighted by molar-refractivity contribution is 7.89. The van der Waals surface area contributed by atoms with E-state index in [2.05, 4.69) is 5.32 Å². The summed E-state index contributed by atoms with van der Waals surface area (Å²) >= 11 is 0. The lowest BCUT2D eigenvalue weighted by molar-refractivity contribution is 0.102. The molecule has 0 aromatic heterocycles. The van der Waals surface area contributed by atoms with E-state index in [1.165, 1.54) is 44.6 Å². The van der Waals surface area contributed by atoms with Crippen molar-refractivity contribution in [1.29, 1.82) is 0 Å². The number of carbonyl (C=O) groups excluding carboxylic acids is 1. The zero-order valence-electron chi connectivity index (χ0n) is 12.9. The quantitative estimate of drug-likeness (QED) is 0.744. The van der Waals surface area contributed by atoms with Gasteiger partial charge in [0.25, 0.3) is 5.91 Å². The van der Waals surface area contributed by atoms with Crippen molar-refractivity contribution >= 4 is 21.6 Å². The first-order valence-corrected chi connectivity index (χ1v) is 8.20. The monoisotopic (exact) mass is 352 g/mol. The van der Waals surface area contributed by atoms with Gasteiger partial charge in [-0.25, -0.2) is 13.6 Å². The van der Waals surface area contributed by atoms with Gasteiger partial charge in [0.15, 0.2) is 11.5 Å². The van der Waals surface area contributed by atoms with Gasteiger partial charge in [0.2, 0.25) is 10.0 Å². The van der Waals surface area contributed by atoms with E-state index in [1.54, 1.807) is 0 Å². The van der Waals surface area contributed by atoms with Gasteiger partial charge < -0.3 is 19.9 Å². The van der Waals surface area contributed by atoms with Gasteiger partial charge in [0.05, 0.1) is 24.7 Å². The molecule has 2 rings (SSSR count). The van der Waals surface area contributed by atoms with Crippen LogP contribution in [0.5, 0.6) is 17.2 Å². The van der Waals surface area contributed by atoms with Gasteiger partial charge in [0, 0.05) is 11.8 Å². The minimum atomic E-state index is -3.96. The number of primary sulfonamides is 1. The molecule has 0 aliphatic heterocycles. The van der Waals surface area contributed by atoms with Gasteiger partial charge >= 0.3 is 0 Å². The van der Waals surface area contributed by atoms with E-state index in [0.29, 0.717) is 5.69 Å². The molecule has 1 amide bonds. The van der Waals surface area contributed by atoms with E-state index in [-0.39, 0.29) is 27.7 Å². The van der Waals surface area contributed by atoms with Crippen molar-refractivity contribution in [2.45, 2.75) is 4.90 Å². The molecule has 0 spiro atoms. The van der Waals surface area contributed by atoms with Crippen molar-refractivity contribution in [3.63, 3.8) is 0 Å². The Labute approximate surface area is 138 Å². The summed E-state index contributed by atoms with van der Waals surface area (Å²) in [4.78, 5) is 12.2. The zero-order chi connectivity index (χ0) is 17.9. The molecule has 9 heteroatoms. The Morgan fingerprint density at radius 2 is 1.71 bits per heavy atom. The summed E-state index contributed by atoms with van der Waals surface area (Å²) in [6.07, 6.45) is 0. The van der Waals surface area contributed by atoms with Crippen LogP contribution in [0.25, 0.3) is 0 Å². The Hall–Kier alpha value is -2.78. The molecule has 0 fully saturated rings. The van der Waals surface area contributed by atoms with Crippen LogP contribution in [-0.4, -0.2) is 33.7 Å². The van der Waals surface area contributed by atoms with Crippen LogP contribution >= 0.6 is 0 Å². The van der Waals surface area contributed by atoms with Crippen LogP contribution in [0.2, 0.25) is 0 Å². The first-order valence-electron chi connectivity index (χ1n) is 6.65. The number of aromatic hydroxyl groups is 1. The number of benzene rings is 2. The van der Waals surface area contributed by atoms with Crippen molar-refractivity contribution in [3.8, 4) is 17.2 Å². The van der Waals surface area contributed by atoms with E-state index in [9.17, 15) is 18.3 Å². The normalized spacial score (nSPS) is 11.0. The number of hydrogen-bond acceptors (Lipinski definition) is 6. The predicted molar refractivity (Wildman–Crippen MR) is 87.0 cm³/mol. The number of sulfonamides is 1. The minimum absolute atomic E-state index is 0.0145. The molecule has 0 unspecified atom stereocenters. The van der Waals surface area contributed by atoms with E-state index >= 15 is 0 Å². The first-order chi connectivity index (χ1) is 11.3. The van der Waals surface area contributed by atoms with Crippen molar-refractivity contribution in [2.24, 2.45) is 5.14 Å². The molecule has 0 heterocycles. The van der Waals surface area contributed by atoms with Gasteiger partial charge in [0.1, 0.15) is 5.75 Å². The molecular formula is C15H16N2O6S. The standard InChI is InChI=1S/C15H16N2O6S/c1-22-13-6-4-10(24(16,20)21)8-11(13)15(19)17-9-3-5-14(23-2)12(18)7-9/h3-8,18H,1-2H3,(H,17,19)(H2,16,20,21). The molecule has 0 saturated heterocycles. The van der Waals surface area contributed by atoms with E-state index < -0.39 is 15.9 Å². The zero-order valence-corrected chi connectivity index (χ0v) is 13.8. The van der Waals surface area contributed by atoms with Crippen LogP contribution in [0, 0.1) is 0 Å². The second kappa shape index (κ2) is 6.77. The van der Waals surface area contributed by atoms with Gasteiger partial charge in [-0.1, -0.05) is 0 Å². The van der Waals surface area contributed by atoms with Crippen molar-refractivity contribution in [1.82, 2.24) is 0 Å². The van der Waals surface area contributed by atoms with Gasteiger partial charge in [-0.05, 0) is 30.3 Å². The molecule has 0 aliphatic rings. The second-order valence-electron chi connectivity index (χ2n) is 4.75. The molecule has 0 saturated carbocycles. The maximum atomic E-state index is 12.4. The van der Waals surface area contributed by atoms with E-state index in [0.717, 1.165) is 6.07 Å². The number of nitrogens with two attached hydrogens (primary N) is 1. The molecule has 2 aromatic rings. The fourth-order valence-electron chi connectivity index (χ4n) is 2.01. The third-order valence-electron chi connectivity index (χ3n) is 3.18. The Kier molecular flexibility index (Phi) is 4.96. The topological polar surface area (TPSA) is 128 Å². The number of rotatable bonds is 5. The number of ether oxygens (including phenoxy) is 2. The molecule has 0 aliphatic carbocycles. The van der Waals surface area contributed by atoms with Crippen LogP contribution in [0.15, 0.2) is 41.3 Å². The summed E-state index contributed by atoms with van der Waals surface area (Å²) in [6.45, 7) is 0. The van der Waals surface area contributed by atoms with Gasteiger partial charge in [-0.2, -0.15) is 0 Å². The predicted octanol–water partition coefficient (Wildman–Crippen LogP) is 1.31. The number of carbonyl (C=O) groups is 1. The lowest BCUT2D eigenvalue weighted by Crippen LogP contribution is -2.16. The lowest BCUT2D eigenvalue weighted by atomic mass is 10.1. The molecule has 8 nitrogen and oxygen atoms in total. The SMILES string of the molecule is COc1ccc(NC(=O)c2cc(S(N)(=O)=O)ccc2OC)cc1O. The summed E-state index contributed by atoms with van der Waals surface area (Å²) in [5.41, 5.74) is 0.278. The number of anilines is 1. The molecule has 0 atom stereocenters. The number of hydrogen-bond donors (Lipinski definition) is 3. The molecular weight excluding hydrogens is 336 g/mol. The second-order valence-corrected chi connectivity index (χ2v) is 6.31. The molecule has 128 valence electrons. The molecule has 2 aromatic carbocycles. The smallest absolute Gasteiger partial charge is 0.259 e. The fraction of sp³-hybridized carbons (Fsp3) is 0.133. The van der Waals surface area contributed by atoms with Crippen molar-refractivity contribution < 1.29 is 27.8 Å². The Bertz CT molecular complexity index is 880. The number of phenolic OH excluding ortho intramolecular Hbond substituents is 1. The third kappa shape index (κ3) is 3.76. The summed E-state index contributed by atoms with van der Waals surface area (Å²) in [6, 6.07) is 7.99. The fourth-order valence-corrected chi connectivity index (χ4v) is 2.55. The summed E-state index contributed by atoms with van der Waals surface area (Å²) < 4.78 is 32.9. The highest BCUT2D eigenvalue weighted by Crippen LogP contribution is 2.29. The Morgan fingerprint density at radius 1 is 1.08 bits per heavy atom. The average molecular weight is 352 g/mol. The van der Waals surface area contributed by atoms with Crippen LogP contribution in [-0.2, 0) is 10.0 Å². The highest BCUT2D eigenvalue weighted by Gasteiger charge is 2.18. The molecule has 24 heavy (non-hydrogen) atoms. The summed E-state index contributed by atoms with van der Waals surface area (Å²) in [5.74, 6) is -0.345. The Morgan fingerprint density at radius 3 is 2.25 bits per heavy atom. The van der Waals surface area contributed by atoms with E-state index in [1.807, 2.05) is 0 Å². The van der Waals surface area contributed by atoms with Crippen LogP contribution in [0.1, 0.15) is 10.4 Å². The summed E-state index contributed by atoms with van der Waals surface area (Å²) in [5, 5.41) is 17.3. The van der Waals surface area contributed by atoms with Crippen molar-refractivity contribution in [3.05, 3.63) is 42.0 Å². The van der Waals surface area contributed by atoms with Crippen LogP contribution < -0.4 is 19.9 Å². The number of methoxy groups -OCH3 is 2. The minimum Gasteiger partial charge on any atom is -0.504 e. The van der Waals surface area contributed by atoms with Crippen molar-refractivity contribution in [2.75, 3.05) is 19.5 Å². The van der Waals surface area contributed by atoms with E-state index in [4.69, 9.17) is 14.6 Å². The number of amides is 1. The molecule has 4 N–H and O–H groups in total. The number of phenols is 1. The number of nitrogens with one attached hydrogen (secondary N) is 1. The third-order valence-corrected chi connectivity index (χ3v) is 4.09. The largest absolute Gasteiger partial charge is 0.504 e. The van der Waals surface area contributed by atoms with Crippen LogP contribution in [0.3, 0.4) is 0 Å². The highest BCUT2D eigenvalue weighted by atomic mass is 32.2. The molecule has 0 bridgehead atoms. The van der Waals surface area contributed by atoms with Gasteiger partial charge in [-0.3, -0.25) is 4.79 Å². The Balaban J connectivity index is 2.37.